The number of rotatable bonds is 9. The van der Waals surface area contributed by atoms with Crippen LogP contribution in [0.2, 0.25) is 0 Å². The molecule has 1 aromatic rings. The fraction of sp³-hybridized carbons (Fsp3) is 0.750. The van der Waals surface area contributed by atoms with E-state index in [0.29, 0.717) is 30.3 Å². The summed E-state index contributed by atoms with van der Waals surface area (Å²) in [6, 6.07) is 11.6. The Hall–Kier alpha value is -1.47. The summed E-state index contributed by atoms with van der Waals surface area (Å²) in [5.41, 5.74) is 1.37. The van der Waals surface area contributed by atoms with Crippen LogP contribution < -0.4 is 5.32 Å². The number of carbonyl (C=O) groups is 1. The molecule has 3 saturated heterocycles. The predicted octanol–water partition coefficient (Wildman–Crippen LogP) is 3.23. The van der Waals surface area contributed by atoms with Gasteiger partial charge in [0.15, 0.2) is 0 Å². The standard InChI is InChI=1S/C28H46N4O2/c1-23(2)20-31-15-12-27(32-16-18-34-19-17-32)25(22-31)8-9-28(33)29-26-10-13-30(14-11-26)21-24-6-4-3-5-7-24/h3-7,23,25-27H,8-22H2,1-2H3,(H,29,33)/t25-,27+/m0/s1. The van der Waals surface area contributed by atoms with Crippen LogP contribution in [0.15, 0.2) is 30.3 Å². The van der Waals surface area contributed by atoms with Gasteiger partial charge >= 0.3 is 0 Å². The molecule has 3 aliphatic heterocycles. The summed E-state index contributed by atoms with van der Waals surface area (Å²) in [6.45, 7) is 15.0. The van der Waals surface area contributed by atoms with Gasteiger partial charge in [0.05, 0.1) is 13.2 Å². The highest BCUT2D eigenvalue weighted by atomic mass is 16.5. The molecule has 1 amide bonds. The number of carbonyl (C=O) groups excluding carboxylic acids is 1. The summed E-state index contributed by atoms with van der Waals surface area (Å²) in [5.74, 6) is 1.52. The van der Waals surface area contributed by atoms with E-state index in [1.165, 1.54) is 25.1 Å². The van der Waals surface area contributed by atoms with Crippen LogP contribution in [-0.2, 0) is 16.1 Å². The third-order valence-electron chi connectivity index (χ3n) is 7.86. The lowest BCUT2D eigenvalue weighted by Gasteiger charge is -2.45. The molecule has 0 bridgehead atoms. The number of nitrogens with one attached hydrogen (secondary N) is 1. The summed E-state index contributed by atoms with van der Waals surface area (Å²) in [7, 11) is 0. The van der Waals surface area contributed by atoms with E-state index in [9.17, 15) is 4.79 Å². The van der Waals surface area contributed by atoms with Crippen molar-refractivity contribution in [1.82, 2.24) is 20.0 Å². The van der Waals surface area contributed by atoms with Crippen LogP contribution in [0.4, 0.5) is 0 Å². The predicted molar refractivity (Wildman–Crippen MR) is 138 cm³/mol. The van der Waals surface area contributed by atoms with Crippen molar-refractivity contribution in [2.24, 2.45) is 11.8 Å². The minimum atomic E-state index is 0.253. The average Bonchev–Trinajstić information content (AvgIpc) is 2.85. The third kappa shape index (κ3) is 7.77. The van der Waals surface area contributed by atoms with Gasteiger partial charge in [0.2, 0.25) is 5.91 Å². The van der Waals surface area contributed by atoms with Crippen LogP contribution in [-0.4, -0.2) is 91.7 Å². The third-order valence-corrected chi connectivity index (χ3v) is 7.86. The number of nitrogens with zero attached hydrogens (tertiary/aromatic N) is 3. The molecule has 0 aromatic heterocycles. The highest BCUT2D eigenvalue weighted by Crippen LogP contribution is 2.27. The number of ether oxygens (including phenoxy) is 1. The molecule has 4 rings (SSSR count). The molecular formula is C28H46N4O2. The summed E-state index contributed by atoms with van der Waals surface area (Å²) in [5, 5.41) is 3.37. The first kappa shape index (κ1) is 25.6. The lowest BCUT2D eigenvalue weighted by Crippen LogP contribution is -2.54. The summed E-state index contributed by atoms with van der Waals surface area (Å²) in [6.07, 6.45) is 4.99. The normalized spacial score (nSPS) is 26.1. The quantitative estimate of drug-likeness (QED) is 0.601. The van der Waals surface area contributed by atoms with E-state index >= 15 is 0 Å². The number of amides is 1. The van der Waals surface area contributed by atoms with Gasteiger partial charge in [0, 0.05) is 64.3 Å². The molecule has 3 fully saturated rings. The molecule has 0 saturated carbocycles. The van der Waals surface area contributed by atoms with Crippen molar-refractivity contribution in [1.29, 1.82) is 0 Å². The van der Waals surface area contributed by atoms with Crippen LogP contribution in [0.5, 0.6) is 0 Å². The maximum Gasteiger partial charge on any atom is 0.220 e. The van der Waals surface area contributed by atoms with Gasteiger partial charge in [-0.3, -0.25) is 14.6 Å². The fourth-order valence-electron chi connectivity index (χ4n) is 6.14. The van der Waals surface area contributed by atoms with E-state index in [-0.39, 0.29) is 5.91 Å². The van der Waals surface area contributed by atoms with Crippen molar-refractivity contribution in [2.75, 3.05) is 59.0 Å². The highest BCUT2D eigenvalue weighted by Gasteiger charge is 2.34. The number of hydrogen-bond donors (Lipinski definition) is 1. The van der Waals surface area contributed by atoms with Crippen LogP contribution in [0.1, 0.15) is 51.5 Å². The van der Waals surface area contributed by atoms with Crippen molar-refractivity contribution in [2.45, 2.75) is 64.6 Å². The molecule has 190 valence electrons. The molecule has 34 heavy (non-hydrogen) atoms. The Balaban J connectivity index is 1.22. The smallest absolute Gasteiger partial charge is 0.220 e. The van der Waals surface area contributed by atoms with Gasteiger partial charge in [-0.05, 0) is 49.6 Å². The van der Waals surface area contributed by atoms with Gasteiger partial charge in [-0.25, -0.2) is 0 Å². The van der Waals surface area contributed by atoms with E-state index in [4.69, 9.17) is 4.74 Å². The van der Waals surface area contributed by atoms with Crippen LogP contribution in [0, 0.1) is 11.8 Å². The van der Waals surface area contributed by atoms with E-state index in [0.717, 1.165) is 71.7 Å². The van der Waals surface area contributed by atoms with Gasteiger partial charge in [-0.1, -0.05) is 44.2 Å². The maximum atomic E-state index is 12.9. The zero-order chi connectivity index (χ0) is 23.8. The zero-order valence-electron chi connectivity index (χ0n) is 21.5. The van der Waals surface area contributed by atoms with Crippen molar-refractivity contribution in [3.8, 4) is 0 Å². The van der Waals surface area contributed by atoms with Crippen molar-refractivity contribution >= 4 is 5.91 Å². The van der Waals surface area contributed by atoms with Gasteiger partial charge in [-0.15, -0.1) is 0 Å². The van der Waals surface area contributed by atoms with Crippen molar-refractivity contribution in [3.63, 3.8) is 0 Å². The fourth-order valence-corrected chi connectivity index (χ4v) is 6.14. The lowest BCUT2D eigenvalue weighted by atomic mass is 9.86. The Labute approximate surface area is 207 Å². The van der Waals surface area contributed by atoms with Crippen LogP contribution in [0.25, 0.3) is 0 Å². The van der Waals surface area contributed by atoms with Crippen molar-refractivity contribution < 1.29 is 9.53 Å². The molecule has 2 atom stereocenters. The Bertz CT molecular complexity index is 729. The van der Waals surface area contributed by atoms with Crippen LogP contribution in [0.3, 0.4) is 0 Å². The van der Waals surface area contributed by atoms with Gasteiger partial charge in [0.1, 0.15) is 0 Å². The second-order valence-corrected chi connectivity index (χ2v) is 11.1. The molecule has 0 spiro atoms. The Morgan fingerprint density at radius 3 is 2.41 bits per heavy atom. The SMILES string of the molecule is CC(C)CN1CC[C@@H](N2CCOCC2)[C@@H](CCC(=O)NC2CCN(Cc3ccccc3)CC2)C1. The maximum absolute atomic E-state index is 12.9. The van der Waals surface area contributed by atoms with E-state index < -0.39 is 0 Å². The Morgan fingerprint density at radius 2 is 1.71 bits per heavy atom. The highest BCUT2D eigenvalue weighted by molar-refractivity contribution is 5.76. The summed E-state index contributed by atoms with van der Waals surface area (Å²) >= 11 is 0. The first-order valence-electron chi connectivity index (χ1n) is 13.7. The molecule has 3 heterocycles. The number of piperidine rings is 2. The lowest BCUT2D eigenvalue weighted by molar-refractivity contribution is -0.122. The van der Waals surface area contributed by atoms with Gasteiger partial charge in [0.25, 0.3) is 0 Å². The minimum absolute atomic E-state index is 0.253. The molecule has 1 aromatic carbocycles. The Morgan fingerprint density at radius 1 is 1.00 bits per heavy atom. The number of morpholine rings is 1. The minimum Gasteiger partial charge on any atom is -0.379 e. The molecule has 0 radical (unpaired) electrons. The molecule has 0 aliphatic carbocycles. The van der Waals surface area contributed by atoms with Crippen LogP contribution >= 0.6 is 0 Å². The molecule has 6 nitrogen and oxygen atoms in total. The molecule has 1 N–H and O–H groups in total. The van der Waals surface area contributed by atoms with Gasteiger partial charge < -0.3 is 15.0 Å². The number of hydrogen-bond acceptors (Lipinski definition) is 5. The summed E-state index contributed by atoms with van der Waals surface area (Å²) < 4.78 is 5.60. The number of benzene rings is 1. The summed E-state index contributed by atoms with van der Waals surface area (Å²) in [4.78, 5) is 20.7. The molecular weight excluding hydrogens is 424 g/mol. The first-order valence-corrected chi connectivity index (χ1v) is 13.7. The van der Waals surface area contributed by atoms with Gasteiger partial charge in [-0.2, -0.15) is 0 Å². The van der Waals surface area contributed by atoms with E-state index in [1.807, 2.05) is 0 Å². The topological polar surface area (TPSA) is 48.1 Å². The Kier molecular flexibility index (Phi) is 9.80. The average molecular weight is 471 g/mol. The second-order valence-electron chi connectivity index (χ2n) is 11.1. The van der Waals surface area contributed by atoms with E-state index in [2.05, 4.69) is 64.2 Å². The monoisotopic (exact) mass is 470 g/mol. The van der Waals surface area contributed by atoms with Crippen molar-refractivity contribution in [3.05, 3.63) is 35.9 Å². The molecule has 3 aliphatic rings. The molecule has 6 heteroatoms. The zero-order valence-corrected chi connectivity index (χ0v) is 21.5. The largest absolute Gasteiger partial charge is 0.379 e. The second kappa shape index (κ2) is 13.0. The number of likely N-dealkylation sites (tertiary alicyclic amines) is 2. The first-order chi connectivity index (χ1) is 16.6. The molecule has 0 unspecified atom stereocenters. The van der Waals surface area contributed by atoms with E-state index in [1.54, 1.807) is 0 Å².